The molecule has 1 atom stereocenters. The number of carbonyl (C=O) groups is 1. The van der Waals surface area contributed by atoms with Gasteiger partial charge in [-0.05, 0) is 24.3 Å². The van der Waals surface area contributed by atoms with Crippen molar-refractivity contribution in [2.75, 3.05) is 18.2 Å². The number of hydrogen-bond acceptors (Lipinski definition) is 6. The van der Waals surface area contributed by atoms with Crippen LogP contribution in [0.3, 0.4) is 0 Å². The first-order valence-corrected chi connectivity index (χ1v) is 10.0. The van der Waals surface area contributed by atoms with Crippen molar-refractivity contribution in [1.82, 2.24) is 0 Å². The second-order valence-electron chi connectivity index (χ2n) is 4.61. The van der Waals surface area contributed by atoms with Gasteiger partial charge >= 0.3 is 88.4 Å². The van der Waals surface area contributed by atoms with Crippen molar-refractivity contribution in [2.24, 2.45) is 0 Å². The maximum atomic E-state index is 11.3. The van der Waals surface area contributed by atoms with Gasteiger partial charge in [-0.2, -0.15) is 0 Å². The number of nitrogens with one attached hydrogen (secondary N) is 1. The van der Waals surface area contributed by atoms with Crippen LogP contribution in [0.2, 0.25) is 0 Å². The van der Waals surface area contributed by atoms with Crippen molar-refractivity contribution in [3.8, 4) is 5.75 Å². The van der Waals surface area contributed by atoms with Gasteiger partial charge in [-0.15, -0.1) is 0 Å². The predicted octanol–water partition coefficient (Wildman–Crippen LogP) is 0.981. The summed E-state index contributed by atoms with van der Waals surface area (Å²) in [7, 11) is 1.63. The molecule has 130 valence electrons. The van der Waals surface area contributed by atoms with Crippen molar-refractivity contribution in [3.05, 3.63) is 48.5 Å². The number of ether oxygens (including phenoxy) is 1. The maximum Gasteiger partial charge on any atom is 0.119 e. The zero-order chi connectivity index (χ0) is 18.2. The molecule has 0 heterocycles. The summed E-state index contributed by atoms with van der Waals surface area (Å²) < 4.78 is 28.9. The molecule has 0 saturated heterocycles. The van der Waals surface area contributed by atoms with Crippen LogP contribution in [-0.2, 0) is 12.4 Å². The van der Waals surface area contributed by atoms with E-state index in [0.29, 0.717) is 5.69 Å². The van der Waals surface area contributed by atoms with Gasteiger partial charge in [0.05, 0.1) is 7.11 Å². The van der Waals surface area contributed by atoms with Crippen molar-refractivity contribution in [3.63, 3.8) is 0 Å². The topological polar surface area (TPSA) is 131 Å². The van der Waals surface area contributed by atoms with Gasteiger partial charge in [0.2, 0.25) is 0 Å². The third-order valence-corrected chi connectivity index (χ3v) is 5.14. The molecular formula is C15H19AsN2O6. The molecule has 0 bridgehead atoms. The van der Waals surface area contributed by atoms with Crippen LogP contribution < -0.4 is 20.1 Å². The standard InChI is InChI=1S/C8H10AsNO5.C7H9NO/c1-6(11)10-8-4-2-3-7(5-8)9(12,13)15-14;1-9-7-4-2-6(8)3-5-7/h2-5,14H,1H3,(H,10,11)(H,12,13);2-5H,8H2,1H3. The normalized spacial score (nSPS) is 12.3. The summed E-state index contributed by atoms with van der Waals surface area (Å²) in [5.74, 6) is 0.543. The monoisotopic (exact) mass is 398 g/mol. The molecule has 2 aromatic carbocycles. The largest absolute Gasteiger partial charge is 0.497 e. The van der Waals surface area contributed by atoms with Gasteiger partial charge in [-0.3, -0.25) is 0 Å². The molecule has 8 nitrogen and oxygen atoms in total. The molecule has 0 aliphatic heterocycles. The number of benzene rings is 2. The van der Waals surface area contributed by atoms with Crippen LogP contribution in [0.15, 0.2) is 48.5 Å². The zero-order valence-electron chi connectivity index (χ0n) is 13.2. The minimum atomic E-state index is -4.83. The first kappa shape index (κ1) is 19.8. The molecule has 0 aliphatic carbocycles. The van der Waals surface area contributed by atoms with Crippen LogP contribution in [-0.4, -0.2) is 36.5 Å². The van der Waals surface area contributed by atoms with E-state index in [2.05, 4.69) is 9.19 Å². The molecule has 0 radical (unpaired) electrons. The Morgan fingerprint density at radius 2 is 1.83 bits per heavy atom. The number of anilines is 2. The molecule has 5 N–H and O–H groups in total. The smallest absolute Gasteiger partial charge is 0.119 e. The Labute approximate surface area is 142 Å². The number of nitrogen functional groups attached to an aromatic ring is 1. The molecule has 9 heteroatoms. The number of amides is 1. The van der Waals surface area contributed by atoms with Crippen molar-refractivity contribution >= 4 is 35.8 Å². The van der Waals surface area contributed by atoms with Gasteiger partial charge < -0.3 is 10.5 Å². The van der Waals surface area contributed by atoms with E-state index in [-0.39, 0.29) is 10.3 Å². The summed E-state index contributed by atoms with van der Waals surface area (Å²) in [6.45, 7) is 1.32. The number of nitrogens with two attached hydrogens (primary N) is 1. The molecule has 0 fully saturated rings. The Morgan fingerprint density at radius 3 is 2.33 bits per heavy atom. The van der Waals surface area contributed by atoms with E-state index in [1.54, 1.807) is 25.3 Å². The van der Waals surface area contributed by atoms with E-state index in [0.717, 1.165) is 11.4 Å². The van der Waals surface area contributed by atoms with Crippen molar-refractivity contribution in [2.45, 2.75) is 6.92 Å². The Bertz CT molecular complexity index is 720. The summed E-state index contributed by atoms with van der Waals surface area (Å²) in [5.41, 5.74) is 6.55. The third-order valence-electron chi connectivity index (χ3n) is 2.72. The van der Waals surface area contributed by atoms with Crippen LogP contribution in [0.5, 0.6) is 5.75 Å². The Balaban J connectivity index is 0.000000272. The summed E-state index contributed by atoms with van der Waals surface area (Å²) in [6.07, 6.45) is 0. The summed E-state index contributed by atoms with van der Waals surface area (Å²) >= 11 is -4.83. The number of methoxy groups -OCH3 is 1. The van der Waals surface area contributed by atoms with Crippen LogP contribution in [0.4, 0.5) is 11.4 Å². The summed E-state index contributed by atoms with van der Waals surface area (Å²) in [6, 6.07) is 12.9. The molecule has 0 spiro atoms. The van der Waals surface area contributed by atoms with Crippen LogP contribution in [0, 0.1) is 0 Å². The van der Waals surface area contributed by atoms with E-state index >= 15 is 0 Å². The van der Waals surface area contributed by atoms with Crippen LogP contribution in [0.1, 0.15) is 6.92 Å². The van der Waals surface area contributed by atoms with Crippen LogP contribution >= 0.6 is 0 Å². The SMILES string of the molecule is CC(=O)Nc1cccc([As](=O)(O)OO)c1.COc1ccc(N)cc1. The van der Waals surface area contributed by atoms with E-state index < -0.39 is 14.2 Å². The van der Waals surface area contributed by atoms with E-state index in [4.69, 9.17) is 15.7 Å². The fourth-order valence-corrected chi connectivity index (χ4v) is 3.02. The third kappa shape index (κ3) is 6.47. The van der Waals surface area contributed by atoms with Gasteiger partial charge in [-0.25, -0.2) is 0 Å². The zero-order valence-corrected chi connectivity index (χ0v) is 15.0. The van der Waals surface area contributed by atoms with Gasteiger partial charge in [0.1, 0.15) is 5.75 Å². The summed E-state index contributed by atoms with van der Waals surface area (Å²) in [5, 5.41) is 10.7. The van der Waals surface area contributed by atoms with Crippen molar-refractivity contribution in [1.29, 1.82) is 0 Å². The Hall–Kier alpha value is -2.25. The quantitative estimate of drug-likeness (QED) is 0.261. The summed E-state index contributed by atoms with van der Waals surface area (Å²) in [4.78, 5) is 10.7. The average Bonchev–Trinajstić information content (AvgIpc) is 2.56. The first-order chi connectivity index (χ1) is 11.3. The fourth-order valence-electron chi connectivity index (χ4n) is 1.61. The first-order valence-electron chi connectivity index (χ1n) is 6.72. The molecule has 2 rings (SSSR count). The average molecular weight is 398 g/mol. The van der Waals surface area contributed by atoms with Gasteiger partial charge in [0.25, 0.3) is 0 Å². The molecule has 0 aromatic heterocycles. The van der Waals surface area contributed by atoms with E-state index in [1.807, 2.05) is 12.1 Å². The second kappa shape index (κ2) is 9.14. The van der Waals surface area contributed by atoms with Gasteiger partial charge in [0, 0.05) is 5.69 Å². The fraction of sp³-hybridized carbons (Fsp3) is 0.133. The van der Waals surface area contributed by atoms with E-state index in [1.165, 1.54) is 25.1 Å². The maximum absolute atomic E-state index is 11.3. The predicted molar refractivity (Wildman–Crippen MR) is 90.2 cm³/mol. The van der Waals surface area contributed by atoms with Crippen molar-refractivity contribution < 1.29 is 26.5 Å². The minimum Gasteiger partial charge on any atom is -0.497 e. The minimum absolute atomic E-state index is 0.0399. The number of carbonyl (C=O) groups excluding carboxylic acids is 1. The Morgan fingerprint density at radius 1 is 1.21 bits per heavy atom. The Kier molecular flexibility index (Phi) is 7.54. The molecule has 0 saturated carbocycles. The molecule has 1 unspecified atom stereocenters. The second-order valence-corrected chi connectivity index (χ2v) is 8.22. The van der Waals surface area contributed by atoms with Gasteiger partial charge in [0.15, 0.2) is 0 Å². The number of hydrogen-bond donors (Lipinski definition) is 4. The molecule has 1 amide bonds. The van der Waals surface area contributed by atoms with Gasteiger partial charge in [-0.1, -0.05) is 0 Å². The molecule has 0 aliphatic rings. The van der Waals surface area contributed by atoms with E-state index in [9.17, 15) is 12.6 Å². The molecule has 24 heavy (non-hydrogen) atoms. The molecular weight excluding hydrogens is 379 g/mol. The van der Waals surface area contributed by atoms with Crippen LogP contribution in [0.25, 0.3) is 0 Å². The molecule has 2 aromatic rings. The number of rotatable bonds is 4.